The van der Waals surface area contributed by atoms with E-state index in [0.29, 0.717) is 0 Å². The van der Waals surface area contributed by atoms with Crippen molar-refractivity contribution < 1.29 is 0 Å². The molecular formula is C19H20N2OS. The Kier molecular flexibility index (Phi) is 3.77. The van der Waals surface area contributed by atoms with Crippen molar-refractivity contribution in [3.05, 3.63) is 51.1 Å². The maximum atomic E-state index is 13.2. The predicted molar refractivity (Wildman–Crippen MR) is 96.2 cm³/mol. The van der Waals surface area contributed by atoms with Crippen LogP contribution in [-0.2, 0) is 19.4 Å². The highest BCUT2D eigenvalue weighted by molar-refractivity contribution is 7.18. The number of fused-ring (bicyclic) bond motifs is 3. The van der Waals surface area contributed by atoms with Gasteiger partial charge in [-0.2, -0.15) is 0 Å². The van der Waals surface area contributed by atoms with Gasteiger partial charge in [-0.05, 0) is 37.7 Å². The average Bonchev–Trinajstić information content (AvgIpc) is 2.96. The third-order valence-electron chi connectivity index (χ3n) is 4.55. The first-order valence-electron chi connectivity index (χ1n) is 8.40. The minimum atomic E-state index is 0.148. The predicted octanol–water partition coefficient (Wildman–Crippen LogP) is 4.41. The van der Waals surface area contributed by atoms with Gasteiger partial charge in [-0.3, -0.25) is 9.36 Å². The molecule has 0 saturated heterocycles. The van der Waals surface area contributed by atoms with Crippen LogP contribution in [0.15, 0.2) is 35.1 Å². The summed E-state index contributed by atoms with van der Waals surface area (Å²) in [5.74, 6) is 0.809. The van der Waals surface area contributed by atoms with Crippen molar-refractivity contribution in [2.75, 3.05) is 0 Å². The summed E-state index contributed by atoms with van der Waals surface area (Å²) in [6.07, 6.45) is 5.48. The van der Waals surface area contributed by atoms with Gasteiger partial charge >= 0.3 is 0 Å². The Morgan fingerprint density at radius 3 is 2.74 bits per heavy atom. The van der Waals surface area contributed by atoms with Crippen LogP contribution in [0.3, 0.4) is 0 Å². The highest BCUT2D eigenvalue weighted by Crippen LogP contribution is 2.34. The van der Waals surface area contributed by atoms with E-state index in [4.69, 9.17) is 4.98 Å². The van der Waals surface area contributed by atoms with E-state index in [9.17, 15) is 4.79 Å². The van der Waals surface area contributed by atoms with Crippen LogP contribution in [0, 0.1) is 0 Å². The van der Waals surface area contributed by atoms with E-state index in [1.54, 1.807) is 11.3 Å². The zero-order valence-electron chi connectivity index (χ0n) is 13.3. The summed E-state index contributed by atoms with van der Waals surface area (Å²) in [6, 6.07) is 10.1. The Labute approximate surface area is 139 Å². The monoisotopic (exact) mass is 324 g/mol. The molecule has 3 nitrogen and oxygen atoms in total. The molecule has 2 heterocycles. The largest absolute Gasteiger partial charge is 0.292 e. The molecule has 0 atom stereocenters. The lowest BCUT2D eigenvalue weighted by Crippen LogP contribution is -2.23. The SMILES string of the molecule is CCCn1c(-c2ccccc2)nc2sc3c(c2c1=O)CCCC3. The Morgan fingerprint density at radius 2 is 1.96 bits per heavy atom. The highest BCUT2D eigenvalue weighted by atomic mass is 32.1. The summed E-state index contributed by atoms with van der Waals surface area (Å²) >= 11 is 1.73. The quantitative estimate of drug-likeness (QED) is 0.715. The number of benzene rings is 1. The Hall–Kier alpha value is -1.94. The lowest BCUT2D eigenvalue weighted by Gasteiger charge is -2.13. The molecular weight excluding hydrogens is 304 g/mol. The van der Waals surface area contributed by atoms with Gasteiger partial charge in [-0.25, -0.2) is 4.98 Å². The summed E-state index contributed by atoms with van der Waals surface area (Å²) in [5, 5.41) is 0.887. The average molecular weight is 324 g/mol. The third kappa shape index (κ3) is 2.41. The van der Waals surface area contributed by atoms with E-state index in [2.05, 4.69) is 6.92 Å². The molecule has 0 unspecified atom stereocenters. The molecule has 0 radical (unpaired) electrons. The van der Waals surface area contributed by atoms with Gasteiger partial charge in [-0.1, -0.05) is 37.3 Å². The second-order valence-electron chi connectivity index (χ2n) is 6.15. The maximum absolute atomic E-state index is 13.2. The van der Waals surface area contributed by atoms with Crippen molar-refractivity contribution in [2.24, 2.45) is 0 Å². The Bertz CT molecular complexity index is 909. The maximum Gasteiger partial charge on any atom is 0.262 e. The first-order chi connectivity index (χ1) is 11.3. The molecule has 23 heavy (non-hydrogen) atoms. The Morgan fingerprint density at radius 1 is 1.17 bits per heavy atom. The van der Waals surface area contributed by atoms with Crippen LogP contribution in [0.2, 0.25) is 0 Å². The molecule has 0 spiro atoms. The van der Waals surface area contributed by atoms with Crippen molar-refractivity contribution in [1.82, 2.24) is 9.55 Å². The van der Waals surface area contributed by atoms with E-state index in [-0.39, 0.29) is 5.56 Å². The van der Waals surface area contributed by atoms with Crippen molar-refractivity contribution in [3.8, 4) is 11.4 Å². The van der Waals surface area contributed by atoms with Crippen LogP contribution in [0.25, 0.3) is 21.6 Å². The minimum absolute atomic E-state index is 0.148. The second kappa shape index (κ2) is 5.93. The van der Waals surface area contributed by atoms with E-state index in [1.807, 2.05) is 34.9 Å². The smallest absolute Gasteiger partial charge is 0.262 e. The number of hydrogen-bond donors (Lipinski definition) is 0. The highest BCUT2D eigenvalue weighted by Gasteiger charge is 2.22. The molecule has 0 fully saturated rings. The van der Waals surface area contributed by atoms with Crippen LogP contribution in [0.1, 0.15) is 36.6 Å². The standard InChI is InChI=1S/C19H20N2OS/c1-2-12-21-17(13-8-4-3-5-9-13)20-18-16(19(21)22)14-10-6-7-11-15(14)23-18/h3-5,8-9H,2,6-7,10-12H2,1H3. The fraction of sp³-hybridized carbons (Fsp3) is 0.368. The zero-order valence-corrected chi connectivity index (χ0v) is 14.2. The van der Waals surface area contributed by atoms with Crippen LogP contribution in [-0.4, -0.2) is 9.55 Å². The zero-order chi connectivity index (χ0) is 15.8. The molecule has 1 aliphatic rings. The number of thiophene rings is 1. The molecule has 118 valence electrons. The van der Waals surface area contributed by atoms with E-state index in [1.165, 1.54) is 23.3 Å². The summed E-state index contributed by atoms with van der Waals surface area (Å²) < 4.78 is 1.87. The van der Waals surface area contributed by atoms with Crippen molar-refractivity contribution in [2.45, 2.75) is 45.6 Å². The number of rotatable bonds is 3. The molecule has 2 aromatic heterocycles. The van der Waals surface area contributed by atoms with Gasteiger partial charge < -0.3 is 0 Å². The van der Waals surface area contributed by atoms with Crippen LogP contribution >= 0.6 is 11.3 Å². The van der Waals surface area contributed by atoms with Crippen LogP contribution in [0.4, 0.5) is 0 Å². The first-order valence-corrected chi connectivity index (χ1v) is 9.21. The molecule has 0 N–H and O–H groups in total. The van der Waals surface area contributed by atoms with E-state index < -0.39 is 0 Å². The topological polar surface area (TPSA) is 34.9 Å². The summed E-state index contributed by atoms with van der Waals surface area (Å²) in [6.45, 7) is 2.82. The van der Waals surface area contributed by atoms with Gasteiger partial charge in [0, 0.05) is 17.0 Å². The van der Waals surface area contributed by atoms with Gasteiger partial charge in [0.15, 0.2) is 0 Å². The number of aryl methyl sites for hydroxylation is 2. The lowest BCUT2D eigenvalue weighted by atomic mass is 9.97. The molecule has 1 aromatic carbocycles. The molecule has 4 heteroatoms. The molecule has 0 aliphatic heterocycles. The number of hydrogen-bond acceptors (Lipinski definition) is 3. The number of nitrogens with zero attached hydrogens (tertiary/aromatic N) is 2. The van der Waals surface area contributed by atoms with Crippen molar-refractivity contribution in [3.63, 3.8) is 0 Å². The summed E-state index contributed by atoms with van der Waals surface area (Å²) in [5.41, 5.74) is 2.44. The minimum Gasteiger partial charge on any atom is -0.292 e. The molecule has 3 aromatic rings. The summed E-state index contributed by atoms with van der Waals surface area (Å²) in [4.78, 5) is 20.4. The lowest BCUT2D eigenvalue weighted by molar-refractivity contribution is 0.654. The fourth-order valence-corrected chi connectivity index (χ4v) is 4.73. The van der Waals surface area contributed by atoms with Gasteiger partial charge in [-0.15, -0.1) is 11.3 Å². The number of aromatic nitrogens is 2. The van der Waals surface area contributed by atoms with Gasteiger partial charge in [0.2, 0.25) is 0 Å². The second-order valence-corrected chi connectivity index (χ2v) is 7.23. The molecule has 0 bridgehead atoms. The fourth-order valence-electron chi connectivity index (χ4n) is 3.48. The normalized spacial score (nSPS) is 14.1. The third-order valence-corrected chi connectivity index (χ3v) is 5.74. The van der Waals surface area contributed by atoms with Gasteiger partial charge in [0.05, 0.1) is 5.39 Å². The van der Waals surface area contributed by atoms with Crippen LogP contribution in [0.5, 0.6) is 0 Å². The van der Waals surface area contributed by atoms with Gasteiger partial charge in [0.1, 0.15) is 10.7 Å². The summed E-state index contributed by atoms with van der Waals surface area (Å²) in [7, 11) is 0. The van der Waals surface area contributed by atoms with Gasteiger partial charge in [0.25, 0.3) is 5.56 Å². The van der Waals surface area contributed by atoms with E-state index in [0.717, 1.165) is 47.4 Å². The van der Waals surface area contributed by atoms with Crippen molar-refractivity contribution in [1.29, 1.82) is 0 Å². The van der Waals surface area contributed by atoms with Crippen LogP contribution < -0.4 is 5.56 Å². The molecule has 4 rings (SSSR count). The molecule has 0 saturated carbocycles. The van der Waals surface area contributed by atoms with E-state index >= 15 is 0 Å². The molecule has 0 amide bonds. The first kappa shape index (κ1) is 14.6. The Balaban J connectivity index is 2.03. The molecule has 1 aliphatic carbocycles. The van der Waals surface area contributed by atoms with Crippen molar-refractivity contribution >= 4 is 21.6 Å².